The summed E-state index contributed by atoms with van der Waals surface area (Å²) in [6, 6.07) is 26.1. The highest BCUT2D eigenvalue weighted by molar-refractivity contribution is 7.09. The van der Waals surface area contributed by atoms with Crippen molar-refractivity contribution in [3.05, 3.63) is 107 Å². The molecule has 32 heavy (non-hydrogen) atoms. The van der Waals surface area contributed by atoms with E-state index in [1.807, 2.05) is 66.0 Å². The lowest BCUT2D eigenvalue weighted by Crippen LogP contribution is -2.32. The van der Waals surface area contributed by atoms with Gasteiger partial charge in [0.1, 0.15) is 11.6 Å². The van der Waals surface area contributed by atoms with Crippen LogP contribution >= 0.6 is 11.3 Å². The van der Waals surface area contributed by atoms with Crippen molar-refractivity contribution in [2.45, 2.75) is 13.0 Å². The summed E-state index contributed by atoms with van der Waals surface area (Å²) in [6.07, 6.45) is 0.646. The molecule has 0 saturated carbocycles. The summed E-state index contributed by atoms with van der Waals surface area (Å²) in [4.78, 5) is 5.81. The van der Waals surface area contributed by atoms with Crippen molar-refractivity contribution in [1.82, 2.24) is 5.32 Å². The lowest BCUT2D eigenvalue weighted by molar-refractivity contribution is 0.478. The number of hydrogen-bond acceptors (Lipinski definition) is 3. The van der Waals surface area contributed by atoms with Crippen LogP contribution in [0.1, 0.15) is 10.4 Å². The highest BCUT2D eigenvalue weighted by atomic mass is 32.1. The largest absolute Gasteiger partial charge is 0.506 e. The van der Waals surface area contributed by atoms with Gasteiger partial charge in [0.25, 0.3) is 0 Å². The molecule has 0 unspecified atom stereocenters. The van der Waals surface area contributed by atoms with Gasteiger partial charge >= 0.3 is 0 Å². The molecule has 162 valence electrons. The standard InChI is InChI=1S/C26H24FN3OS/c27-22-9-4-6-19(16-22)13-14-28-26(29-18-23-10-5-15-32-23)30-24-17-21(11-12-25(24)31)20-7-2-1-3-8-20/h1-12,15-17,31H,13-14,18H2,(H2,28,29,30). The molecule has 0 fully saturated rings. The molecule has 0 radical (unpaired) electrons. The normalized spacial score (nSPS) is 11.3. The maximum atomic E-state index is 13.5. The van der Waals surface area contributed by atoms with Gasteiger partial charge in [-0.1, -0.05) is 54.6 Å². The quantitative estimate of drug-likeness (QED) is 0.184. The van der Waals surface area contributed by atoms with E-state index in [9.17, 15) is 9.50 Å². The van der Waals surface area contributed by atoms with Gasteiger partial charge in [-0.25, -0.2) is 9.38 Å². The smallest absolute Gasteiger partial charge is 0.196 e. The molecule has 0 amide bonds. The van der Waals surface area contributed by atoms with E-state index in [-0.39, 0.29) is 11.6 Å². The SMILES string of the molecule is Oc1ccc(-c2ccccc2)cc1NC(=NCc1cccs1)NCCc1cccc(F)c1. The van der Waals surface area contributed by atoms with Crippen molar-refractivity contribution in [2.24, 2.45) is 4.99 Å². The number of halogens is 1. The van der Waals surface area contributed by atoms with E-state index in [0.717, 1.165) is 21.6 Å². The van der Waals surface area contributed by atoms with E-state index < -0.39 is 0 Å². The second kappa shape index (κ2) is 10.6. The number of anilines is 1. The second-order valence-corrected chi connectivity index (χ2v) is 8.31. The van der Waals surface area contributed by atoms with Crippen LogP contribution in [0.2, 0.25) is 0 Å². The Labute approximate surface area is 191 Å². The van der Waals surface area contributed by atoms with Crippen LogP contribution in [0.25, 0.3) is 11.1 Å². The number of hydrogen-bond donors (Lipinski definition) is 3. The Hall–Kier alpha value is -3.64. The van der Waals surface area contributed by atoms with Crippen LogP contribution in [-0.2, 0) is 13.0 Å². The predicted octanol–water partition coefficient (Wildman–Crippen LogP) is 6.06. The Kier molecular flexibility index (Phi) is 7.15. The summed E-state index contributed by atoms with van der Waals surface area (Å²) >= 11 is 1.64. The predicted molar refractivity (Wildman–Crippen MR) is 131 cm³/mol. The molecule has 4 nitrogen and oxygen atoms in total. The Bertz CT molecular complexity index is 1180. The van der Waals surface area contributed by atoms with Crippen molar-refractivity contribution >= 4 is 23.0 Å². The van der Waals surface area contributed by atoms with Crippen LogP contribution < -0.4 is 10.6 Å². The summed E-state index contributed by atoms with van der Waals surface area (Å²) in [5.41, 5.74) is 3.52. The van der Waals surface area contributed by atoms with Crippen molar-refractivity contribution in [1.29, 1.82) is 0 Å². The first kappa shape index (κ1) is 21.6. The molecular weight excluding hydrogens is 421 g/mol. The molecule has 3 aromatic carbocycles. The monoisotopic (exact) mass is 445 g/mol. The molecule has 3 N–H and O–H groups in total. The average Bonchev–Trinajstić information content (AvgIpc) is 3.33. The van der Waals surface area contributed by atoms with Crippen LogP contribution in [0.3, 0.4) is 0 Å². The van der Waals surface area contributed by atoms with Crippen LogP contribution in [0, 0.1) is 5.82 Å². The van der Waals surface area contributed by atoms with Crippen LogP contribution in [-0.4, -0.2) is 17.6 Å². The molecule has 0 aliphatic heterocycles. The first-order chi connectivity index (χ1) is 15.7. The maximum Gasteiger partial charge on any atom is 0.196 e. The number of thiophene rings is 1. The highest BCUT2D eigenvalue weighted by Crippen LogP contribution is 2.29. The first-order valence-corrected chi connectivity index (χ1v) is 11.3. The van der Waals surface area contributed by atoms with E-state index in [4.69, 9.17) is 0 Å². The fourth-order valence-electron chi connectivity index (χ4n) is 3.29. The number of phenolic OH excluding ortho intramolecular Hbond substituents is 1. The summed E-state index contributed by atoms with van der Waals surface area (Å²) in [7, 11) is 0. The first-order valence-electron chi connectivity index (χ1n) is 10.4. The zero-order valence-corrected chi connectivity index (χ0v) is 18.3. The molecule has 0 spiro atoms. The molecule has 1 heterocycles. The number of guanidine groups is 1. The zero-order valence-electron chi connectivity index (χ0n) is 17.5. The van der Waals surface area contributed by atoms with Gasteiger partial charge in [0.15, 0.2) is 5.96 Å². The minimum Gasteiger partial charge on any atom is -0.506 e. The van der Waals surface area contributed by atoms with E-state index in [2.05, 4.69) is 15.6 Å². The Morgan fingerprint density at radius 2 is 1.78 bits per heavy atom. The van der Waals surface area contributed by atoms with Gasteiger partial charge in [0, 0.05) is 11.4 Å². The molecule has 0 saturated heterocycles. The lowest BCUT2D eigenvalue weighted by Gasteiger charge is -2.15. The number of nitrogens with zero attached hydrogens (tertiary/aromatic N) is 1. The van der Waals surface area contributed by atoms with Gasteiger partial charge in [-0.2, -0.15) is 0 Å². The maximum absolute atomic E-state index is 13.5. The fourth-order valence-corrected chi connectivity index (χ4v) is 3.92. The van der Waals surface area contributed by atoms with E-state index in [1.54, 1.807) is 23.5 Å². The van der Waals surface area contributed by atoms with Gasteiger partial charge in [0.2, 0.25) is 0 Å². The Balaban J connectivity index is 1.51. The zero-order chi connectivity index (χ0) is 22.2. The van der Waals surface area contributed by atoms with Crippen LogP contribution in [0.5, 0.6) is 5.75 Å². The summed E-state index contributed by atoms with van der Waals surface area (Å²) in [6.45, 7) is 1.09. The van der Waals surface area contributed by atoms with Crippen LogP contribution in [0.15, 0.2) is 95.3 Å². The number of aliphatic imine (C=N–C) groups is 1. The van der Waals surface area contributed by atoms with Crippen LogP contribution in [0.4, 0.5) is 10.1 Å². The third-order valence-electron chi connectivity index (χ3n) is 4.93. The number of rotatable bonds is 7. The van der Waals surface area contributed by atoms with Crippen molar-refractivity contribution in [3.8, 4) is 16.9 Å². The van der Waals surface area contributed by atoms with Gasteiger partial charge in [0.05, 0.1) is 12.2 Å². The molecule has 1 aromatic heterocycles. The van der Waals surface area contributed by atoms with Crippen molar-refractivity contribution < 1.29 is 9.50 Å². The van der Waals surface area contributed by atoms with E-state index >= 15 is 0 Å². The van der Waals surface area contributed by atoms with E-state index in [0.29, 0.717) is 31.2 Å². The topological polar surface area (TPSA) is 56.6 Å². The minimum absolute atomic E-state index is 0.139. The van der Waals surface area contributed by atoms with Gasteiger partial charge < -0.3 is 15.7 Å². The number of nitrogens with one attached hydrogen (secondary N) is 2. The number of benzene rings is 3. The van der Waals surface area contributed by atoms with Crippen molar-refractivity contribution in [3.63, 3.8) is 0 Å². The average molecular weight is 446 g/mol. The van der Waals surface area contributed by atoms with E-state index in [1.165, 1.54) is 12.1 Å². The third-order valence-corrected chi connectivity index (χ3v) is 5.79. The molecular formula is C26H24FN3OS. The molecule has 0 aliphatic rings. The summed E-state index contributed by atoms with van der Waals surface area (Å²) in [5, 5.41) is 19.0. The number of aromatic hydroxyl groups is 1. The fraction of sp³-hybridized carbons (Fsp3) is 0.115. The van der Waals surface area contributed by atoms with Gasteiger partial charge in [-0.05, 0) is 58.8 Å². The summed E-state index contributed by atoms with van der Waals surface area (Å²) in [5.74, 6) is 0.450. The molecule has 0 bridgehead atoms. The Morgan fingerprint density at radius 3 is 2.56 bits per heavy atom. The number of phenols is 1. The van der Waals surface area contributed by atoms with Crippen molar-refractivity contribution in [2.75, 3.05) is 11.9 Å². The minimum atomic E-state index is -0.241. The van der Waals surface area contributed by atoms with Gasteiger partial charge in [-0.15, -0.1) is 11.3 Å². The Morgan fingerprint density at radius 1 is 0.906 bits per heavy atom. The molecule has 0 atom stereocenters. The highest BCUT2D eigenvalue weighted by Gasteiger charge is 2.08. The lowest BCUT2D eigenvalue weighted by atomic mass is 10.0. The molecule has 4 aromatic rings. The second-order valence-electron chi connectivity index (χ2n) is 7.27. The third kappa shape index (κ3) is 5.95. The molecule has 0 aliphatic carbocycles. The molecule has 4 rings (SSSR count). The molecule has 6 heteroatoms. The summed E-state index contributed by atoms with van der Waals surface area (Å²) < 4.78 is 13.5. The van der Waals surface area contributed by atoms with Gasteiger partial charge in [-0.3, -0.25) is 0 Å².